The molecule has 3 N–H and O–H groups in total. The number of nitrogens with one attached hydrogen (secondary N) is 1. The molecule has 6 heteroatoms. The maximum absolute atomic E-state index is 12.3. The molecule has 5 nitrogen and oxygen atoms in total. The first kappa shape index (κ1) is 15.2. The Morgan fingerprint density at radius 1 is 0.947 bits per heavy atom. The summed E-state index contributed by atoms with van der Waals surface area (Å²) in [6.45, 7) is 1.67. The number of hydrogen-bond donors (Lipinski definition) is 2. The van der Waals surface area contributed by atoms with Gasteiger partial charge in [0, 0.05) is 25.2 Å². The van der Waals surface area contributed by atoms with E-state index in [1.165, 1.54) is 6.42 Å². The minimum absolute atomic E-state index is 0.336. The summed E-state index contributed by atoms with van der Waals surface area (Å²) >= 11 is 0. The highest BCUT2D eigenvalue weighted by molar-refractivity contribution is 7.87. The Kier molecular flexibility index (Phi) is 5.22. The van der Waals surface area contributed by atoms with Gasteiger partial charge in [0.1, 0.15) is 0 Å². The summed E-state index contributed by atoms with van der Waals surface area (Å²) < 4.78 is 28.9. The van der Waals surface area contributed by atoms with Gasteiger partial charge >= 0.3 is 0 Å². The summed E-state index contributed by atoms with van der Waals surface area (Å²) in [5.74, 6) is 0. The number of rotatable bonds is 4. The Balaban J connectivity index is 1.89. The van der Waals surface area contributed by atoms with E-state index in [1.54, 1.807) is 4.31 Å². The second kappa shape index (κ2) is 6.52. The van der Waals surface area contributed by atoms with Crippen LogP contribution in [0.4, 0.5) is 0 Å². The molecule has 1 saturated carbocycles. The Morgan fingerprint density at radius 3 is 2.05 bits per heavy atom. The molecule has 0 bridgehead atoms. The second-order valence-electron chi connectivity index (χ2n) is 6.06. The molecule has 0 aromatic rings. The van der Waals surface area contributed by atoms with Crippen LogP contribution >= 0.6 is 0 Å². The van der Waals surface area contributed by atoms with Crippen molar-refractivity contribution >= 4 is 10.2 Å². The molecule has 0 aromatic carbocycles. The van der Waals surface area contributed by atoms with Crippen molar-refractivity contribution in [2.75, 3.05) is 19.6 Å². The zero-order chi connectivity index (χ0) is 13.8. The maximum Gasteiger partial charge on any atom is 0.279 e. The van der Waals surface area contributed by atoms with Crippen molar-refractivity contribution in [3.8, 4) is 0 Å². The number of hydrogen-bond acceptors (Lipinski definition) is 3. The van der Waals surface area contributed by atoms with Crippen LogP contribution in [0.2, 0.25) is 0 Å². The fourth-order valence-electron chi connectivity index (χ4n) is 3.04. The molecule has 0 radical (unpaired) electrons. The van der Waals surface area contributed by atoms with Crippen LogP contribution in [0.1, 0.15) is 57.8 Å². The topological polar surface area (TPSA) is 75.4 Å². The van der Waals surface area contributed by atoms with Crippen molar-refractivity contribution < 1.29 is 8.42 Å². The van der Waals surface area contributed by atoms with Crippen LogP contribution in [0.5, 0.6) is 0 Å². The van der Waals surface area contributed by atoms with Crippen LogP contribution < -0.4 is 10.5 Å². The van der Waals surface area contributed by atoms with Crippen LogP contribution in [0.25, 0.3) is 0 Å². The third-order valence-corrected chi connectivity index (χ3v) is 5.92. The lowest BCUT2D eigenvalue weighted by atomic mass is 9.83. The summed E-state index contributed by atoms with van der Waals surface area (Å²) in [5.41, 5.74) is 5.95. The molecular weight excluding hydrogens is 262 g/mol. The Bertz CT molecular complexity index is 369. The van der Waals surface area contributed by atoms with Crippen LogP contribution in [-0.2, 0) is 10.2 Å². The van der Waals surface area contributed by atoms with Gasteiger partial charge in [0.25, 0.3) is 10.2 Å². The average molecular weight is 289 g/mol. The SMILES string of the molecule is NC1(CNS(=O)(=O)N2CCCCCC2)CCCCC1. The smallest absolute Gasteiger partial charge is 0.279 e. The lowest BCUT2D eigenvalue weighted by molar-refractivity contribution is 0.293. The van der Waals surface area contributed by atoms with Crippen molar-refractivity contribution in [2.24, 2.45) is 5.73 Å². The molecule has 1 aliphatic carbocycles. The van der Waals surface area contributed by atoms with Crippen molar-refractivity contribution in [1.29, 1.82) is 0 Å². The number of nitrogens with zero attached hydrogens (tertiary/aromatic N) is 1. The second-order valence-corrected chi connectivity index (χ2v) is 7.82. The maximum atomic E-state index is 12.3. The normalized spacial score (nSPS) is 25.9. The summed E-state index contributed by atoms with van der Waals surface area (Å²) in [4.78, 5) is 0. The van der Waals surface area contributed by atoms with Gasteiger partial charge in [0.05, 0.1) is 0 Å². The fourth-order valence-corrected chi connectivity index (χ4v) is 4.43. The van der Waals surface area contributed by atoms with Crippen LogP contribution in [0.3, 0.4) is 0 Å². The zero-order valence-electron chi connectivity index (χ0n) is 11.7. The Hall–Kier alpha value is -0.170. The van der Waals surface area contributed by atoms with Crippen LogP contribution in [-0.4, -0.2) is 37.9 Å². The van der Waals surface area contributed by atoms with E-state index >= 15 is 0 Å². The first-order valence-electron chi connectivity index (χ1n) is 7.56. The van der Waals surface area contributed by atoms with Crippen LogP contribution in [0, 0.1) is 0 Å². The average Bonchev–Trinajstić information content (AvgIpc) is 2.67. The minimum atomic E-state index is -3.34. The van der Waals surface area contributed by atoms with Gasteiger partial charge in [-0.15, -0.1) is 0 Å². The highest BCUT2D eigenvalue weighted by Crippen LogP contribution is 2.25. The van der Waals surface area contributed by atoms with Gasteiger partial charge in [-0.1, -0.05) is 32.1 Å². The predicted molar refractivity (Wildman–Crippen MR) is 77.0 cm³/mol. The van der Waals surface area contributed by atoms with Gasteiger partial charge < -0.3 is 5.73 Å². The molecule has 1 saturated heterocycles. The molecule has 0 atom stereocenters. The van der Waals surface area contributed by atoms with E-state index in [2.05, 4.69) is 4.72 Å². The molecule has 112 valence electrons. The number of nitrogens with two attached hydrogens (primary N) is 1. The van der Waals surface area contributed by atoms with E-state index in [4.69, 9.17) is 5.73 Å². The van der Waals surface area contributed by atoms with Crippen molar-refractivity contribution in [3.63, 3.8) is 0 Å². The largest absolute Gasteiger partial charge is 0.324 e. The molecule has 19 heavy (non-hydrogen) atoms. The molecule has 0 unspecified atom stereocenters. The van der Waals surface area contributed by atoms with Crippen molar-refractivity contribution in [3.05, 3.63) is 0 Å². The van der Waals surface area contributed by atoms with Gasteiger partial charge in [-0.3, -0.25) is 0 Å². The monoisotopic (exact) mass is 289 g/mol. The highest BCUT2D eigenvalue weighted by atomic mass is 32.2. The summed E-state index contributed by atoms with van der Waals surface area (Å²) in [6, 6.07) is 0. The van der Waals surface area contributed by atoms with E-state index in [1.807, 2.05) is 0 Å². The van der Waals surface area contributed by atoms with Gasteiger partial charge in [0.15, 0.2) is 0 Å². The molecular formula is C13H27N3O2S. The lowest BCUT2D eigenvalue weighted by Crippen LogP contribution is -2.53. The van der Waals surface area contributed by atoms with E-state index in [9.17, 15) is 8.42 Å². The molecule has 0 aromatic heterocycles. The highest BCUT2D eigenvalue weighted by Gasteiger charge is 2.30. The Morgan fingerprint density at radius 2 is 1.47 bits per heavy atom. The van der Waals surface area contributed by atoms with E-state index < -0.39 is 10.2 Å². The molecule has 1 heterocycles. The van der Waals surface area contributed by atoms with E-state index in [0.717, 1.165) is 51.4 Å². The summed E-state index contributed by atoms with van der Waals surface area (Å²) in [6.07, 6.45) is 9.50. The summed E-state index contributed by atoms with van der Waals surface area (Å²) in [5, 5.41) is 0. The quantitative estimate of drug-likeness (QED) is 0.820. The van der Waals surface area contributed by atoms with Crippen molar-refractivity contribution in [2.45, 2.75) is 63.3 Å². The predicted octanol–water partition coefficient (Wildman–Crippen LogP) is 1.36. The van der Waals surface area contributed by atoms with Gasteiger partial charge in [-0.25, -0.2) is 4.72 Å². The minimum Gasteiger partial charge on any atom is -0.324 e. The Labute approximate surface area is 117 Å². The molecule has 2 fully saturated rings. The third kappa shape index (κ3) is 4.41. The van der Waals surface area contributed by atoms with Crippen molar-refractivity contribution in [1.82, 2.24) is 9.03 Å². The lowest BCUT2D eigenvalue weighted by Gasteiger charge is -2.34. The molecule has 1 aliphatic heterocycles. The van der Waals surface area contributed by atoms with Gasteiger partial charge in [-0.05, 0) is 25.7 Å². The third-order valence-electron chi connectivity index (χ3n) is 4.36. The molecule has 2 aliphatic rings. The fraction of sp³-hybridized carbons (Fsp3) is 1.00. The van der Waals surface area contributed by atoms with Gasteiger partial charge in [-0.2, -0.15) is 12.7 Å². The van der Waals surface area contributed by atoms with E-state index in [-0.39, 0.29) is 5.54 Å². The standard InChI is InChI=1S/C13H27N3O2S/c14-13(8-4-3-5-9-13)12-15-19(17,18)16-10-6-1-2-7-11-16/h15H,1-12,14H2. The molecule has 0 amide bonds. The zero-order valence-corrected chi connectivity index (χ0v) is 12.6. The van der Waals surface area contributed by atoms with Gasteiger partial charge in [0.2, 0.25) is 0 Å². The summed E-state index contributed by atoms with van der Waals surface area (Å²) in [7, 11) is -3.34. The first-order valence-corrected chi connectivity index (χ1v) is 9.00. The molecule has 0 spiro atoms. The van der Waals surface area contributed by atoms with Crippen LogP contribution in [0.15, 0.2) is 0 Å². The first-order chi connectivity index (χ1) is 9.02. The molecule has 2 rings (SSSR count). The van der Waals surface area contributed by atoms with E-state index in [0.29, 0.717) is 19.6 Å².